The smallest absolute Gasteiger partial charge is 0.107 e. The predicted molar refractivity (Wildman–Crippen MR) is 56.1 cm³/mol. The van der Waals surface area contributed by atoms with Crippen molar-refractivity contribution in [3.05, 3.63) is 16.1 Å². The summed E-state index contributed by atoms with van der Waals surface area (Å²) in [7, 11) is 0. The van der Waals surface area contributed by atoms with Gasteiger partial charge in [0.2, 0.25) is 0 Å². The average molecular weight is 213 g/mol. The van der Waals surface area contributed by atoms with Gasteiger partial charge in [0.1, 0.15) is 5.01 Å². The maximum atomic E-state index is 5.51. The van der Waals surface area contributed by atoms with Crippen molar-refractivity contribution < 1.29 is 4.74 Å². The summed E-state index contributed by atoms with van der Waals surface area (Å²) < 4.78 is 5.29. The van der Waals surface area contributed by atoms with Crippen molar-refractivity contribution in [1.82, 2.24) is 9.88 Å². The third kappa shape index (κ3) is 2.51. The second kappa shape index (κ2) is 4.84. The van der Waals surface area contributed by atoms with E-state index in [2.05, 4.69) is 9.88 Å². The number of nitrogens with zero attached hydrogens (tertiary/aromatic N) is 2. The number of thiazole rings is 1. The van der Waals surface area contributed by atoms with Gasteiger partial charge >= 0.3 is 0 Å². The lowest BCUT2D eigenvalue weighted by Crippen LogP contribution is -2.35. The van der Waals surface area contributed by atoms with Crippen molar-refractivity contribution in [3.63, 3.8) is 0 Å². The minimum absolute atomic E-state index is 0.541. The lowest BCUT2D eigenvalue weighted by Gasteiger charge is -2.25. The van der Waals surface area contributed by atoms with Gasteiger partial charge in [0.15, 0.2) is 0 Å². The zero-order chi connectivity index (χ0) is 9.80. The highest BCUT2D eigenvalue weighted by Gasteiger charge is 2.12. The summed E-state index contributed by atoms with van der Waals surface area (Å²) in [5.41, 5.74) is 6.51. The molecule has 2 heterocycles. The molecule has 0 amide bonds. The number of nitrogens with two attached hydrogens (primary N) is 1. The molecule has 2 N–H and O–H groups in total. The summed E-state index contributed by atoms with van der Waals surface area (Å²) in [5, 5.41) is 3.20. The Kier molecular flexibility index (Phi) is 3.47. The Bertz CT molecular complexity index is 283. The third-order valence-corrected chi connectivity index (χ3v) is 3.15. The Balaban J connectivity index is 1.89. The van der Waals surface area contributed by atoms with Crippen molar-refractivity contribution in [2.75, 3.05) is 26.3 Å². The molecule has 0 bridgehead atoms. The zero-order valence-corrected chi connectivity index (χ0v) is 8.92. The van der Waals surface area contributed by atoms with Gasteiger partial charge in [-0.1, -0.05) is 0 Å². The molecule has 0 spiro atoms. The van der Waals surface area contributed by atoms with E-state index >= 15 is 0 Å². The Morgan fingerprint density at radius 2 is 2.29 bits per heavy atom. The molecule has 4 nitrogen and oxygen atoms in total. The molecule has 1 aliphatic rings. The predicted octanol–water partition coefficient (Wildman–Crippen LogP) is 0.434. The first-order valence-corrected chi connectivity index (χ1v) is 5.70. The summed E-state index contributed by atoms with van der Waals surface area (Å²) in [6.45, 7) is 5.19. The molecule has 5 heteroatoms. The minimum Gasteiger partial charge on any atom is -0.379 e. The zero-order valence-electron chi connectivity index (χ0n) is 8.11. The van der Waals surface area contributed by atoms with Crippen molar-refractivity contribution in [1.29, 1.82) is 0 Å². The molecule has 1 aromatic rings. The van der Waals surface area contributed by atoms with Gasteiger partial charge in [-0.3, -0.25) is 4.90 Å². The number of hydrogen-bond acceptors (Lipinski definition) is 5. The molecule has 1 fully saturated rings. The third-order valence-electron chi connectivity index (χ3n) is 2.27. The van der Waals surface area contributed by atoms with Gasteiger partial charge < -0.3 is 10.5 Å². The second-order valence-corrected chi connectivity index (χ2v) is 4.27. The van der Waals surface area contributed by atoms with Crippen LogP contribution < -0.4 is 5.73 Å². The van der Waals surface area contributed by atoms with Crippen LogP contribution in [0, 0.1) is 0 Å². The van der Waals surface area contributed by atoms with Crippen LogP contribution in [0.25, 0.3) is 0 Å². The van der Waals surface area contributed by atoms with Crippen LogP contribution in [0.15, 0.2) is 5.38 Å². The fourth-order valence-corrected chi connectivity index (χ4v) is 2.31. The SMILES string of the molecule is NCc1csc(CN2CCOCC2)n1. The van der Waals surface area contributed by atoms with E-state index in [-0.39, 0.29) is 0 Å². The summed E-state index contributed by atoms with van der Waals surface area (Å²) in [6, 6.07) is 0. The van der Waals surface area contributed by atoms with Crippen LogP contribution in [-0.2, 0) is 17.8 Å². The topological polar surface area (TPSA) is 51.4 Å². The van der Waals surface area contributed by atoms with Gasteiger partial charge in [-0.05, 0) is 0 Å². The summed E-state index contributed by atoms with van der Waals surface area (Å²) in [6.07, 6.45) is 0. The summed E-state index contributed by atoms with van der Waals surface area (Å²) in [4.78, 5) is 6.80. The van der Waals surface area contributed by atoms with Crippen LogP contribution in [0.2, 0.25) is 0 Å². The van der Waals surface area contributed by atoms with Gasteiger partial charge in [-0.25, -0.2) is 4.98 Å². The first-order chi connectivity index (χ1) is 6.88. The monoisotopic (exact) mass is 213 g/mol. The van der Waals surface area contributed by atoms with E-state index in [1.807, 2.05) is 5.38 Å². The van der Waals surface area contributed by atoms with Gasteiger partial charge in [-0.2, -0.15) is 0 Å². The largest absolute Gasteiger partial charge is 0.379 e. The normalized spacial score (nSPS) is 18.6. The molecule has 0 atom stereocenters. The first-order valence-electron chi connectivity index (χ1n) is 4.82. The highest BCUT2D eigenvalue weighted by Crippen LogP contribution is 2.12. The molecule has 14 heavy (non-hydrogen) atoms. The second-order valence-electron chi connectivity index (χ2n) is 3.33. The number of morpholine rings is 1. The van der Waals surface area contributed by atoms with Crippen LogP contribution >= 0.6 is 11.3 Å². The Labute approximate surface area is 87.7 Å². The fourth-order valence-electron chi connectivity index (χ4n) is 1.47. The van der Waals surface area contributed by atoms with Gasteiger partial charge in [-0.15, -0.1) is 11.3 Å². The van der Waals surface area contributed by atoms with Gasteiger partial charge in [0, 0.05) is 25.0 Å². The standard InChI is InChI=1S/C9H15N3OS/c10-5-8-7-14-9(11-8)6-12-1-3-13-4-2-12/h7H,1-6,10H2. The Morgan fingerprint density at radius 1 is 1.50 bits per heavy atom. The molecule has 1 aliphatic heterocycles. The van der Waals surface area contributed by atoms with E-state index in [0.717, 1.165) is 43.5 Å². The number of ether oxygens (including phenoxy) is 1. The molecule has 0 saturated carbocycles. The Morgan fingerprint density at radius 3 is 2.93 bits per heavy atom. The van der Waals surface area contributed by atoms with Gasteiger partial charge in [0.25, 0.3) is 0 Å². The van der Waals surface area contributed by atoms with Crippen molar-refractivity contribution in [2.24, 2.45) is 5.73 Å². The lowest BCUT2D eigenvalue weighted by atomic mass is 10.4. The molecule has 0 unspecified atom stereocenters. The van der Waals surface area contributed by atoms with E-state index in [1.54, 1.807) is 11.3 Å². The molecule has 0 radical (unpaired) electrons. The van der Waals surface area contributed by atoms with E-state index in [1.165, 1.54) is 0 Å². The van der Waals surface area contributed by atoms with Crippen molar-refractivity contribution in [2.45, 2.75) is 13.1 Å². The maximum Gasteiger partial charge on any atom is 0.107 e. The number of rotatable bonds is 3. The number of aromatic nitrogens is 1. The van der Waals surface area contributed by atoms with Crippen molar-refractivity contribution >= 4 is 11.3 Å². The Hall–Kier alpha value is -0.490. The van der Waals surface area contributed by atoms with E-state index in [4.69, 9.17) is 10.5 Å². The molecule has 1 saturated heterocycles. The number of hydrogen-bond donors (Lipinski definition) is 1. The van der Waals surface area contributed by atoms with Crippen molar-refractivity contribution in [3.8, 4) is 0 Å². The average Bonchev–Trinajstić information content (AvgIpc) is 2.67. The van der Waals surface area contributed by atoms with Crippen LogP contribution in [0.3, 0.4) is 0 Å². The molecule has 0 aliphatic carbocycles. The van der Waals surface area contributed by atoms with Crippen LogP contribution in [0.1, 0.15) is 10.7 Å². The summed E-state index contributed by atoms with van der Waals surface area (Å²) in [5.74, 6) is 0. The lowest BCUT2D eigenvalue weighted by molar-refractivity contribution is 0.0341. The van der Waals surface area contributed by atoms with Crippen LogP contribution in [0.5, 0.6) is 0 Å². The highest BCUT2D eigenvalue weighted by molar-refractivity contribution is 7.09. The fraction of sp³-hybridized carbons (Fsp3) is 0.667. The maximum absolute atomic E-state index is 5.51. The molecule has 2 rings (SSSR count). The molecule has 78 valence electrons. The summed E-state index contributed by atoms with van der Waals surface area (Å²) >= 11 is 1.69. The molecule has 0 aromatic carbocycles. The first kappa shape index (κ1) is 10.0. The van der Waals surface area contributed by atoms with E-state index in [9.17, 15) is 0 Å². The molecular weight excluding hydrogens is 198 g/mol. The van der Waals surface area contributed by atoms with Gasteiger partial charge in [0.05, 0.1) is 25.5 Å². The minimum atomic E-state index is 0.541. The van der Waals surface area contributed by atoms with E-state index < -0.39 is 0 Å². The van der Waals surface area contributed by atoms with E-state index in [0.29, 0.717) is 6.54 Å². The van der Waals surface area contributed by atoms with Crippen LogP contribution in [-0.4, -0.2) is 36.2 Å². The quantitative estimate of drug-likeness (QED) is 0.791. The highest BCUT2D eigenvalue weighted by atomic mass is 32.1. The molecule has 1 aromatic heterocycles. The van der Waals surface area contributed by atoms with Crippen LogP contribution in [0.4, 0.5) is 0 Å². The molecular formula is C9H15N3OS.